The summed E-state index contributed by atoms with van der Waals surface area (Å²) in [5.41, 5.74) is 1.50. The first-order valence-electron chi connectivity index (χ1n) is 4.77. The van der Waals surface area contributed by atoms with E-state index >= 15 is 0 Å². The Balaban J connectivity index is 2.98. The van der Waals surface area contributed by atoms with Crippen LogP contribution in [0.3, 0.4) is 0 Å². The van der Waals surface area contributed by atoms with Gasteiger partial charge in [0.25, 0.3) is 0 Å². The zero-order valence-electron chi connectivity index (χ0n) is 9.49. The molecule has 1 aromatic carbocycles. The molecule has 0 amide bonds. The maximum absolute atomic E-state index is 10.8. The highest BCUT2D eigenvalue weighted by molar-refractivity contribution is 5.90. The number of hydrogen-bond acceptors (Lipinski definition) is 4. The first kappa shape index (κ1) is 12.7. The van der Waals surface area contributed by atoms with Gasteiger partial charge in [-0.2, -0.15) is 0 Å². The van der Waals surface area contributed by atoms with Crippen LogP contribution < -0.4 is 0 Å². The molecule has 0 heterocycles. The molecule has 0 radical (unpaired) electrons. The highest BCUT2D eigenvalue weighted by atomic mass is 16.6. The Morgan fingerprint density at radius 3 is 2.76 bits per heavy atom. The molecule has 0 spiro atoms. The van der Waals surface area contributed by atoms with Gasteiger partial charge < -0.3 is 15.2 Å². The molecule has 0 aliphatic heterocycles. The molecule has 1 aromatic rings. The molecule has 0 atom stereocenters. The van der Waals surface area contributed by atoms with Crippen LogP contribution in [-0.4, -0.2) is 40.7 Å². The lowest BCUT2D eigenvalue weighted by Gasteiger charge is -2.00. The minimum atomic E-state index is -0.976. The molecule has 6 nitrogen and oxygen atoms in total. The van der Waals surface area contributed by atoms with E-state index in [0.717, 1.165) is 11.1 Å². The number of benzene rings is 1. The van der Waals surface area contributed by atoms with Gasteiger partial charge in [0.15, 0.2) is 0 Å². The van der Waals surface area contributed by atoms with E-state index in [1.54, 1.807) is 19.1 Å². The molecular formula is C11H13N2O4+. The maximum atomic E-state index is 10.8. The topological polar surface area (TPSA) is 82.1 Å². The molecule has 0 aliphatic rings. The number of hydroxylamine groups is 1. The smallest absolute Gasteiger partial charge is 0.371 e. The lowest BCUT2D eigenvalue weighted by Crippen LogP contribution is -2.07. The third-order valence-corrected chi connectivity index (χ3v) is 2.03. The first-order chi connectivity index (χ1) is 8.04. The number of carbonyl (C=O) groups is 1. The number of carboxylic acids is 1. The zero-order chi connectivity index (χ0) is 12.8. The Bertz CT molecular complexity index is 480. The Labute approximate surface area is 98.0 Å². The van der Waals surface area contributed by atoms with Crippen LogP contribution in [0.15, 0.2) is 23.4 Å². The van der Waals surface area contributed by atoms with E-state index in [0.29, 0.717) is 11.1 Å². The third kappa shape index (κ3) is 3.60. The van der Waals surface area contributed by atoms with Gasteiger partial charge in [0.1, 0.15) is 18.5 Å². The van der Waals surface area contributed by atoms with Crippen LogP contribution in [0.2, 0.25) is 0 Å². The molecule has 1 rings (SSSR count). The van der Waals surface area contributed by atoms with Gasteiger partial charge >= 0.3 is 12.3 Å². The van der Waals surface area contributed by atoms with Gasteiger partial charge in [0, 0.05) is 5.56 Å². The number of oxime groups is 1. The maximum Gasteiger partial charge on any atom is 0.371 e. The van der Waals surface area contributed by atoms with E-state index in [9.17, 15) is 10.0 Å². The first-order valence-corrected chi connectivity index (χ1v) is 4.77. The van der Waals surface area contributed by atoms with Crippen molar-refractivity contribution < 1.29 is 24.7 Å². The van der Waals surface area contributed by atoms with E-state index < -0.39 is 5.97 Å². The van der Waals surface area contributed by atoms with Crippen LogP contribution in [0.5, 0.6) is 0 Å². The fraction of sp³-hybridized carbons (Fsp3) is 0.182. The Morgan fingerprint density at radius 1 is 1.53 bits per heavy atom. The van der Waals surface area contributed by atoms with Crippen molar-refractivity contribution in [3.8, 4) is 0 Å². The third-order valence-electron chi connectivity index (χ3n) is 2.03. The average Bonchev–Trinajstić information content (AvgIpc) is 2.26. The van der Waals surface area contributed by atoms with Crippen LogP contribution in [-0.2, 0) is 4.84 Å². The van der Waals surface area contributed by atoms with Gasteiger partial charge in [0.2, 0.25) is 0 Å². The van der Waals surface area contributed by atoms with Gasteiger partial charge in [-0.25, -0.2) is 4.79 Å². The molecule has 6 heteroatoms. The summed E-state index contributed by atoms with van der Waals surface area (Å²) in [4.78, 5) is 15.2. The van der Waals surface area contributed by atoms with Crippen molar-refractivity contribution in [2.24, 2.45) is 5.16 Å². The summed E-state index contributed by atoms with van der Waals surface area (Å²) in [5, 5.41) is 21.5. The summed E-state index contributed by atoms with van der Waals surface area (Å²) >= 11 is 0. The molecule has 0 aliphatic carbocycles. The van der Waals surface area contributed by atoms with Crippen LogP contribution >= 0.6 is 0 Å². The largest absolute Gasteiger partial charge is 0.478 e. The van der Waals surface area contributed by atoms with E-state index in [-0.39, 0.29) is 5.56 Å². The number of hydrogen-bond donors (Lipinski definition) is 2. The fourth-order valence-corrected chi connectivity index (χ4v) is 1.29. The van der Waals surface area contributed by atoms with Crippen LogP contribution in [0.25, 0.3) is 0 Å². The minimum Gasteiger partial charge on any atom is -0.478 e. The average molecular weight is 237 g/mol. The van der Waals surface area contributed by atoms with E-state index in [1.165, 1.54) is 19.4 Å². The van der Waals surface area contributed by atoms with Crippen LogP contribution in [0.1, 0.15) is 21.5 Å². The number of nitrogens with zero attached hydrogens (tertiary/aromatic N) is 2. The van der Waals surface area contributed by atoms with Crippen molar-refractivity contribution >= 4 is 18.5 Å². The molecule has 90 valence electrons. The second-order valence-corrected chi connectivity index (χ2v) is 3.29. The highest BCUT2D eigenvalue weighted by Crippen LogP contribution is 2.09. The zero-order valence-corrected chi connectivity index (χ0v) is 9.49. The van der Waals surface area contributed by atoms with Gasteiger partial charge in [-0.15, -0.1) is 0 Å². The molecule has 0 bridgehead atoms. The molecule has 0 unspecified atom stereocenters. The number of aryl methyl sites for hydroxylation is 1. The quantitative estimate of drug-likeness (QED) is 0.270. The van der Waals surface area contributed by atoms with Crippen molar-refractivity contribution in [1.82, 2.24) is 0 Å². The van der Waals surface area contributed by atoms with Gasteiger partial charge in [0.05, 0.1) is 5.56 Å². The number of carboxylic acid groups (broad SMARTS) is 1. The van der Waals surface area contributed by atoms with Crippen LogP contribution in [0, 0.1) is 6.92 Å². The molecule has 0 saturated carbocycles. The summed E-state index contributed by atoms with van der Waals surface area (Å²) in [7, 11) is 1.36. The molecule has 0 fully saturated rings. The second-order valence-electron chi connectivity index (χ2n) is 3.29. The lowest BCUT2D eigenvalue weighted by atomic mass is 10.1. The Morgan fingerprint density at radius 2 is 2.24 bits per heavy atom. The summed E-state index contributed by atoms with van der Waals surface area (Å²) in [6, 6.07) is 4.71. The second kappa shape index (κ2) is 5.64. The Hall–Kier alpha value is -2.37. The summed E-state index contributed by atoms with van der Waals surface area (Å²) in [5.74, 6) is -0.976. The summed E-state index contributed by atoms with van der Waals surface area (Å²) < 4.78 is 0.721. The fourth-order valence-electron chi connectivity index (χ4n) is 1.29. The summed E-state index contributed by atoms with van der Waals surface area (Å²) in [6.45, 7) is 1.69. The van der Waals surface area contributed by atoms with Crippen molar-refractivity contribution in [2.75, 3.05) is 7.11 Å². The van der Waals surface area contributed by atoms with Crippen molar-refractivity contribution in [3.63, 3.8) is 0 Å². The van der Waals surface area contributed by atoms with Gasteiger partial charge in [-0.3, -0.25) is 0 Å². The normalized spacial score (nSPS) is 11.8. The van der Waals surface area contributed by atoms with Crippen molar-refractivity contribution in [3.05, 3.63) is 34.9 Å². The van der Waals surface area contributed by atoms with E-state index in [2.05, 4.69) is 9.99 Å². The molecule has 0 aromatic heterocycles. The predicted octanol–water partition coefficient (Wildman–Crippen LogP) is 1.10. The van der Waals surface area contributed by atoms with Crippen molar-refractivity contribution in [2.45, 2.75) is 6.92 Å². The van der Waals surface area contributed by atoms with Gasteiger partial charge in [-0.05, 0) is 24.6 Å². The SMILES string of the molecule is CON=C[N+](O)=Cc1ccc(C(=O)O)c(C)c1. The van der Waals surface area contributed by atoms with Crippen molar-refractivity contribution in [1.29, 1.82) is 0 Å². The predicted molar refractivity (Wildman–Crippen MR) is 60.9 cm³/mol. The van der Waals surface area contributed by atoms with Crippen LogP contribution in [0.4, 0.5) is 0 Å². The summed E-state index contributed by atoms with van der Waals surface area (Å²) in [6.07, 6.45) is 2.45. The monoisotopic (exact) mass is 237 g/mol. The molecule has 0 saturated heterocycles. The van der Waals surface area contributed by atoms with E-state index in [4.69, 9.17) is 5.11 Å². The van der Waals surface area contributed by atoms with Gasteiger partial charge in [-0.1, -0.05) is 10.8 Å². The molecular weight excluding hydrogens is 224 g/mol. The minimum absolute atomic E-state index is 0.234. The lowest BCUT2D eigenvalue weighted by molar-refractivity contribution is -0.679. The standard InChI is InChI=1S/C11H12N2O4/c1-8-5-9(3-4-10(8)11(14)15)6-13(16)7-12-17-2/h3-7H,1-2H3,(H-,14,15,16)/p+1. The van der Waals surface area contributed by atoms with E-state index in [1.807, 2.05) is 0 Å². The Kier molecular flexibility index (Phi) is 4.21. The number of rotatable bonds is 4. The number of aromatic carboxylic acids is 1. The highest BCUT2D eigenvalue weighted by Gasteiger charge is 2.07. The molecule has 2 N–H and O–H groups in total. The molecule has 17 heavy (non-hydrogen) atoms.